The summed E-state index contributed by atoms with van der Waals surface area (Å²) in [5.74, 6) is 0. The zero-order chi connectivity index (χ0) is 12.4. The quantitative estimate of drug-likeness (QED) is 0.883. The molecule has 18 heavy (non-hydrogen) atoms. The van der Waals surface area contributed by atoms with Crippen LogP contribution in [0.4, 0.5) is 4.79 Å². The minimum Gasteiger partial charge on any atom is -0.334 e. The lowest BCUT2D eigenvalue weighted by Crippen LogP contribution is -2.37. The number of hydrogen-bond donors (Lipinski definition) is 1. The van der Waals surface area contributed by atoms with Crippen molar-refractivity contribution >= 4 is 27.5 Å². The molecular formula is C14H16N2OS. The molecule has 0 spiro atoms. The lowest BCUT2D eigenvalue weighted by Gasteiger charge is -2.15. The maximum Gasteiger partial charge on any atom is 0.317 e. The summed E-state index contributed by atoms with van der Waals surface area (Å²) in [6.07, 6.45) is 2.27. The Morgan fingerprint density at radius 2 is 2.06 bits per heavy atom. The number of carbonyl (C=O) groups is 1. The van der Waals surface area contributed by atoms with E-state index in [9.17, 15) is 4.79 Å². The molecule has 3 nitrogen and oxygen atoms in total. The fourth-order valence-electron chi connectivity index (χ4n) is 2.37. The molecule has 0 atom stereocenters. The van der Waals surface area contributed by atoms with Crippen molar-refractivity contribution in [2.24, 2.45) is 0 Å². The minimum absolute atomic E-state index is 0.0720. The Morgan fingerprint density at radius 3 is 2.89 bits per heavy atom. The van der Waals surface area contributed by atoms with Crippen LogP contribution in [0.25, 0.3) is 10.1 Å². The van der Waals surface area contributed by atoms with Crippen LogP contribution in [0.2, 0.25) is 0 Å². The van der Waals surface area contributed by atoms with E-state index in [1.165, 1.54) is 15.6 Å². The number of nitrogens with zero attached hydrogens (tertiary/aromatic N) is 1. The van der Waals surface area contributed by atoms with Gasteiger partial charge in [-0.15, -0.1) is 11.3 Å². The Kier molecular flexibility index (Phi) is 3.19. The molecule has 94 valence electrons. The molecule has 1 aromatic carbocycles. The van der Waals surface area contributed by atoms with Gasteiger partial charge in [0.2, 0.25) is 0 Å². The van der Waals surface area contributed by atoms with Gasteiger partial charge < -0.3 is 10.2 Å². The molecule has 1 saturated heterocycles. The molecule has 4 heteroatoms. The van der Waals surface area contributed by atoms with Gasteiger partial charge in [0.1, 0.15) is 0 Å². The van der Waals surface area contributed by atoms with Crippen LogP contribution in [0, 0.1) is 0 Å². The van der Waals surface area contributed by atoms with Crippen LogP contribution >= 0.6 is 11.3 Å². The highest BCUT2D eigenvalue weighted by Crippen LogP contribution is 2.25. The van der Waals surface area contributed by atoms with Gasteiger partial charge in [-0.25, -0.2) is 4.79 Å². The van der Waals surface area contributed by atoms with Crippen LogP contribution < -0.4 is 5.32 Å². The highest BCUT2D eigenvalue weighted by atomic mass is 32.1. The average molecular weight is 260 g/mol. The first-order valence-electron chi connectivity index (χ1n) is 6.32. The Balaban J connectivity index is 1.67. The molecule has 3 rings (SSSR count). The van der Waals surface area contributed by atoms with Crippen LogP contribution in [-0.2, 0) is 6.54 Å². The van der Waals surface area contributed by atoms with Crippen molar-refractivity contribution in [3.05, 3.63) is 35.2 Å². The van der Waals surface area contributed by atoms with Gasteiger partial charge in [0.25, 0.3) is 0 Å². The number of fused-ring (bicyclic) bond motifs is 1. The molecule has 1 aromatic heterocycles. The van der Waals surface area contributed by atoms with E-state index in [-0.39, 0.29) is 6.03 Å². The summed E-state index contributed by atoms with van der Waals surface area (Å²) in [4.78, 5) is 13.8. The van der Waals surface area contributed by atoms with Crippen molar-refractivity contribution in [1.29, 1.82) is 0 Å². The van der Waals surface area contributed by atoms with Gasteiger partial charge in [-0.1, -0.05) is 18.2 Å². The molecule has 1 aliphatic rings. The highest BCUT2D eigenvalue weighted by molar-refractivity contribution is 7.17. The summed E-state index contributed by atoms with van der Waals surface area (Å²) < 4.78 is 1.28. The SMILES string of the molecule is O=C(NCc1csc2ccccc12)N1CCCC1. The van der Waals surface area contributed by atoms with Crippen LogP contribution in [0.1, 0.15) is 18.4 Å². The fourth-order valence-corrected chi connectivity index (χ4v) is 3.34. The second-order valence-corrected chi connectivity index (χ2v) is 5.52. The highest BCUT2D eigenvalue weighted by Gasteiger charge is 2.17. The van der Waals surface area contributed by atoms with Crippen LogP contribution in [0.3, 0.4) is 0 Å². The number of nitrogens with one attached hydrogen (secondary N) is 1. The van der Waals surface area contributed by atoms with Crippen molar-refractivity contribution in [1.82, 2.24) is 10.2 Å². The van der Waals surface area contributed by atoms with E-state index in [1.807, 2.05) is 17.0 Å². The zero-order valence-corrected chi connectivity index (χ0v) is 11.0. The number of carbonyl (C=O) groups excluding carboxylic acids is 1. The van der Waals surface area contributed by atoms with Crippen LogP contribution in [0.5, 0.6) is 0 Å². The smallest absolute Gasteiger partial charge is 0.317 e. The number of urea groups is 1. The number of thiophene rings is 1. The predicted molar refractivity (Wildman–Crippen MR) is 74.9 cm³/mol. The standard InChI is InChI=1S/C14H16N2OS/c17-14(16-7-3-4-8-16)15-9-11-10-18-13-6-2-1-5-12(11)13/h1-2,5-6,10H,3-4,7-9H2,(H,15,17). The molecule has 1 aliphatic heterocycles. The molecular weight excluding hydrogens is 244 g/mol. The van der Waals surface area contributed by atoms with E-state index in [1.54, 1.807) is 11.3 Å². The van der Waals surface area contributed by atoms with E-state index in [0.717, 1.165) is 25.9 Å². The Hall–Kier alpha value is -1.55. The van der Waals surface area contributed by atoms with E-state index >= 15 is 0 Å². The molecule has 0 saturated carbocycles. The summed E-state index contributed by atoms with van der Waals surface area (Å²) in [5.41, 5.74) is 1.21. The average Bonchev–Trinajstić information content (AvgIpc) is 3.06. The summed E-state index contributed by atoms with van der Waals surface area (Å²) in [5, 5.41) is 6.40. The maximum atomic E-state index is 11.9. The fraction of sp³-hybridized carbons (Fsp3) is 0.357. The van der Waals surface area contributed by atoms with Gasteiger partial charge in [-0.05, 0) is 35.2 Å². The number of rotatable bonds is 2. The summed E-state index contributed by atoms with van der Waals surface area (Å²) in [7, 11) is 0. The number of hydrogen-bond acceptors (Lipinski definition) is 2. The number of likely N-dealkylation sites (tertiary alicyclic amines) is 1. The van der Waals surface area contributed by atoms with Crippen molar-refractivity contribution in [2.75, 3.05) is 13.1 Å². The summed E-state index contributed by atoms with van der Waals surface area (Å²) >= 11 is 1.73. The molecule has 2 aromatic rings. The monoisotopic (exact) mass is 260 g/mol. The molecule has 0 unspecified atom stereocenters. The normalized spacial score (nSPS) is 15.2. The molecule has 0 radical (unpaired) electrons. The van der Waals surface area contributed by atoms with Gasteiger partial charge in [0.05, 0.1) is 0 Å². The predicted octanol–water partition coefficient (Wildman–Crippen LogP) is 3.21. The Morgan fingerprint density at radius 1 is 1.28 bits per heavy atom. The van der Waals surface area contributed by atoms with Gasteiger partial charge in [0, 0.05) is 24.3 Å². The zero-order valence-electron chi connectivity index (χ0n) is 10.2. The lowest BCUT2D eigenvalue weighted by molar-refractivity contribution is 0.208. The minimum atomic E-state index is 0.0720. The van der Waals surface area contributed by atoms with Gasteiger partial charge >= 0.3 is 6.03 Å². The third kappa shape index (κ3) is 2.20. The van der Waals surface area contributed by atoms with E-state index in [2.05, 4.69) is 22.8 Å². The van der Waals surface area contributed by atoms with Gasteiger partial charge in [0.15, 0.2) is 0 Å². The first-order valence-corrected chi connectivity index (χ1v) is 7.20. The van der Waals surface area contributed by atoms with Gasteiger partial charge in [-0.2, -0.15) is 0 Å². The summed E-state index contributed by atoms with van der Waals surface area (Å²) in [6, 6.07) is 8.39. The maximum absolute atomic E-state index is 11.9. The van der Waals surface area contributed by atoms with Crippen molar-refractivity contribution in [3.8, 4) is 0 Å². The van der Waals surface area contributed by atoms with Crippen molar-refractivity contribution in [3.63, 3.8) is 0 Å². The topological polar surface area (TPSA) is 32.3 Å². The van der Waals surface area contributed by atoms with Gasteiger partial charge in [-0.3, -0.25) is 0 Å². The largest absolute Gasteiger partial charge is 0.334 e. The van der Waals surface area contributed by atoms with Crippen LogP contribution in [0.15, 0.2) is 29.6 Å². The first kappa shape index (κ1) is 11.5. The third-order valence-electron chi connectivity index (χ3n) is 3.38. The second kappa shape index (κ2) is 4.98. The van der Waals surface area contributed by atoms with E-state index in [4.69, 9.17) is 0 Å². The molecule has 1 fully saturated rings. The van der Waals surface area contributed by atoms with Crippen molar-refractivity contribution in [2.45, 2.75) is 19.4 Å². The Labute approximate surface area is 110 Å². The number of amides is 2. The number of benzene rings is 1. The molecule has 2 heterocycles. The Bertz CT molecular complexity index is 558. The second-order valence-electron chi connectivity index (χ2n) is 4.61. The molecule has 0 aliphatic carbocycles. The van der Waals surface area contributed by atoms with Crippen molar-refractivity contribution < 1.29 is 4.79 Å². The molecule has 0 bridgehead atoms. The van der Waals surface area contributed by atoms with E-state index < -0.39 is 0 Å². The van der Waals surface area contributed by atoms with Crippen LogP contribution in [-0.4, -0.2) is 24.0 Å². The lowest BCUT2D eigenvalue weighted by atomic mass is 10.2. The molecule has 2 amide bonds. The first-order chi connectivity index (χ1) is 8.84. The molecule has 1 N–H and O–H groups in total. The summed E-state index contributed by atoms with van der Waals surface area (Å²) in [6.45, 7) is 2.42. The van der Waals surface area contributed by atoms with E-state index in [0.29, 0.717) is 6.54 Å². The third-order valence-corrected chi connectivity index (χ3v) is 4.40.